The largest absolute Gasteiger partial charge is 0.0801 e. The molecule has 0 spiro atoms. The van der Waals surface area contributed by atoms with Crippen LogP contribution in [0.5, 0.6) is 0 Å². The van der Waals surface area contributed by atoms with Crippen molar-refractivity contribution < 1.29 is 0 Å². The molecule has 130 valence electrons. The van der Waals surface area contributed by atoms with Crippen molar-refractivity contribution in [3.8, 4) is 0 Å². The molecule has 0 saturated heterocycles. The average molecular weight is 331 g/mol. The topological polar surface area (TPSA) is 0 Å². The van der Waals surface area contributed by atoms with Crippen molar-refractivity contribution in [3.63, 3.8) is 0 Å². The summed E-state index contributed by atoms with van der Waals surface area (Å²) in [5, 5.41) is 0. The van der Waals surface area contributed by atoms with Crippen LogP contribution in [0.2, 0.25) is 0 Å². The van der Waals surface area contributed by atoms with Crippen LogP contribution < -0.4 is 0 Å². The van der Waals surface area contributed by atoms with E-state index in [1.165, 1.54) is 36.8 Å². The van der Waals surface area contributed by atoms with Crippen molar-refractivity contribution in [2.24, 2.45) is 0 Å². The number of allylic oxidation sites excluding steroid dienone is 4. The summed E-state index contributed by atoms with van der Waals surface area (Å²) in [7, 11) is 0. The van der Waals surface area contributed by atoms with Gasteiger partial charge in [-0.15, -0.1) is 0 Å². The number of hydrogen-bond acceptors (Lipinski definition) is 0. The Balaban J connectivity index is 2.02. The van der Waals surface area contributed by atoms with Gasteiger partial charge in [0.25, 0.3) is 0 Å². The molecule has 2 aromatic carbocycles. The lowest BCUT2D eigenvalue weighted by Gasteiger charge is -2.25. The van der Waals surface area contributed by atoms with Crippen LogP contribution in [0.15, 0.2) is 84.0 Å². The van der Waals surface area contributed by atoms with Gasteiger partial charge in [0.15, 0.2) is 0 Å². The summed E-state index contributed by atoms with van der Waals surface area (Å²) in [5.74, 6) is 1.09. The van der Waals surface area contributed by atoms with Gasteiger partial charge < -0.3 is 0 Å². The fourth-order valence-electron chi connectivity index (χ4n) is 4.21. The van der Waals surface area contributed by atoms with Crippen LogP contribution in [0.25, 0.3) is 0 Å². The Kier molecular flexibility index (Phi) is 6.28. The van der Waals surface area contributed by atoms with Crippen molar-refractivity contribution in [1.29, 1.82) is 0 Å². The molecule has 0 heterocycles. The van der Waals surface area contributed by atoms with E-state index >= 15 is 0 Å². The molecule has 2 unspecified atom stereocenters. The Morgan fingerprint density at radius 1 is 0.720 bits per heavy atom. The Morgan fingerprint density at radius 2 is 1.24 bits per heavy atom. The van der Waals surface area contributed by atoms with Crippen LogP contribution in [0, 0.1) is 0 Å². The van der Waals surface area contributed by atoms with Crippen molar-refractivity contribution in [3.05, 3.63) is 95.1 Å². The molecule has 25 heavy (non-hydrogen) atoms. The van der Waals surface area contributed by atoms with E-state index in [0.717, 1.165) is 6.42 Å². The van der Waals surface area contributed by atoms with E-state index in [-0.39, 0.29) is 0 Å². The van der Waals surface area contributed by atoms with Gasteiger partial charge in [-0.05, 0) is 36.0 Å². The molecule has 0 fully saturated rings. The predicted molar refractivity (Wildman–Crippen MR) is 109 cm³/mol. The highest BCUT2D eigenvalue weighted by Crippen LogP contribution is 2.43. The molecule has 2 atom stereocenters. The third kappa shape index (κ3) is 4.12. The molecule has 3 rings (SSSR count). The first-order valence-corrected chi connectivity index (χ1v) is 9.84. The van der Waals surface area contributed by atoms with Gasteiger partial charge in [-0.25, -0.2) is 0 Å². The van der Waals surface area contributed by atoms with Crippen molar-refractivity contribution in [2.75, 3.05) is 0 Å². The minimum Gasteiger partial charge on any atom is -0.0801 e. The fraction of sp³-hybridized carbons (Fsp3) is 0.360. The molecule has 0 amide bonds. The molecule has 0 aliphatic heterocycles. The number of rotatable bonds is 8. The van der Waals surface area contributed by atoms with Gasteiger partial charge in [0, 0.05) is 11.8 Å². The van der Waals surface area contributed by atoms with E-state index in [0.29, 0.717) is 11.8 Å². The highest BCUT2D eigenvalue weighted by molar-refractivity contribution is 5.47. The first kappa shape index (κ1) is 17.7. The molecule has 0 nitrogen and oxygen atoms in total. The zero-order valence-electron chi connectivity index (χ0n) is 15.6. The van der Waals surface area contributed by atoms with E-state index in [2.05, 4.69) is 86.7 Å². The molecule has 1 aliphatic rings. The monoisotopic (exact) mass is 330 g/mol. The Morgan fingerprint density at radius 3 is 1.80 bits per heavy atom. The zero-order valence-corrected chi connectivity index (χ0v) is 15.6. The standard InChI is InChI=1S/C25H30/c1-3-12-22(20-14-7-5-8-15-20)24-18-11-19-25(24)23(13-4-2)21-16-9-6-10-17-21/h5-11,14-18,22-23H,3-4,12-13,19H2,1-2H3. The van der Waals surface area contributed by atoms with Gasteiger partial charge in [0.2, 0.25) is 0 Å². The molecule has 0 aromatic heterocycles. The molecule has 0 saturated carbocycles. The third-order valence-electron chi connectivity index (χ3n) is 5.36. The minimum absolute atomic E-state index is 0.531. The summed E-state index contributed by atoms with van der Waals surface area (Å²) < 4.78 is 0. The molecule has 2 aromatic rings. The maximum atomic E-state index is 2.41. The molecule has 0 heteroatoms. The van der Waals surface area contributed by atoms with Crippen LogP contribution in [0.4, 0.5) is 0 Å². The summed E-state index contributed by atoms with van der Waals surface area (Å²) in [4.78, 5) is 0. The van der Waals surface area contributed by atoms with Crippen molar-refractivity contribution in [1.82, 2.24) is 0 Å². The first-order chi connectivity index (χ1) is 12.3. The van der Waals surface area contributed by atoms with Crippen LogP contribution in [-0.4, -0.2) is 0 Å². The Labute approximate surface area is 153 Å². The summed E-state index contributed by atoms with van der Waals surface area (Å²) in [5.41, 5.74) is 6.17. The quantitative estimate of drug-likeness (QED) is 0.472. The Bertz CT molecular complexity index is 706. The second-order valence-corrected chi connectivity index (χ2v) is 7.09. The van der Waals surface area contributed by atoms with Crippen LogP contribution in [0.3, 0.4) is 0 Å². The highest BCUT2D eigenvalue weighted by atomic mass is 14.3. The van der Waals surface area contributed by atoms with Gasteiger partial charge in [-0.2, -0.15) is 0 Å². The molecule has 1 aliphatic carbocycles. The summed E-state index contributed by atoms with van der Waals surface area (Å²) in [6.45, 7) is 4.61. The normalized spacial score (nSPS) is 16.2. The summed E-state index contributed by atoms with van der Waals surface area (Å²) in [6, 6.07) is 22.2. The lowest BCUT2D eigenvalue weighted by molar-refractivity contribution is 0.646. The highest BCUT2D eigenvalue weighted by Gasteiger charge is 2.25. The van der Waals surface area contributed by atoms with Gasteiger partial charge in [0.1, 0.15) is 0 Å². The SMILES string of the molecule is CCCC(C1=C(C(CCC)c2ccccc2)CC=C1)c1ccccc1. The van der Waals surface area contributed by atoms with Gasteiger partial charge in [0.05, 0.1) is 0 Å². The Hall–Kier alpha value is -2.08. The molecule has 0 bridgehead atoms. The molecular formula is C25H30. The number of benzene rings is 2. The van der Waals surface area contributed by atoms with Crippen LogP contribution in [-0.2, 0) is 0 Å². The zero-order chi connectivity index (χ0) is 17.5. The maximum Gasteiger partial charge on any atom is 0.00890 e. The van der Waals surface area contributed by atoms with Crippen LogP contribution in [0.1, 0.15) is 68.9 Å². The smallest absolute Gasteiger partial charge is 0.00890 e. The van der Waals surface area contributed by atoms with Crippen LogP contribution >= 0.6 is 0 Å². The minimum atomic E-state index is 0.531. The second kappa shape index (κ2) is 8.85. The van der Waals surface area contributed by atoms with E-state index in [4.69, 9.17) is 0 Å². The van der Waals surface area contributed by atoms with E-state index in [9.17, 15) is 0 Å². The lowest BCUT2D eigenvalue weighted by atomic mass is 9.79. The van der Waals surface area contributed by atoms with E-state index in [1.807, 2.05) is 0 Å². The number of hydrogen-bond donors (Lipinski definition) is 0. The lowest BCUT2D eigenvalue weighted by Crippen LogP contribution is -2.08. The summed E-state index contributed by atoms with van der Waals surface area (Å²) >= 11 is 0. The van der Waals surface area contributed by atoms with Gasteiger partial charge in [-0.3, -0.25) is 0 Å². The van der Waals surface area contributed by atoms with Gasteiger partial charge >= 0.3 is 0 Å². The maximum absolute atomic E-state index is 2.41. The average Bonchev–Trinajstić information content (AvgIpc) is 3.14. The molecule has 0 N–H and O–H groups in total. The van der Waals surface area contributed by atoms with Crippen molar-refractivity contribution in [2.45, 2.75) is 57.8 Å². The van der Waals surface area contributed by atoms with E-state index < -0.39 is 0 Å². The van der Waals surface area contributed by atoms with Gasteiger partial charge in [-0.1, -0.05) is 105 Å². The van der Waals surface area contributed by atoms with Crippen molar-refractivity contribution >= 4 is 0 Å². The fourth-order valence-corrected chi connectivity index (χ4v) is 4.21. The summed E-state index contributed by atoms with van der Waals surface area (Å²) in [6.07, 6.45) is 10.8. The first-order valence-electron chi connectivity index (χ1n) is 9.84. The molecule has 0 radical (unpaired) electrons. The predicted octanol–water partition coefficient (Wildman–Crippen LogP) is 7.41. The molecular weight excluding hydrogens is 300 g/mol. The third-order valence-corrected chi connectivity index (χ3v) is 5.36. The second-order valence-electron chi connectivity index (χ2n) is 7.09. The van der Waals surface area contributed by atoms with E-state index in [1.54, 1.807) is 11.1 Å².